The smallest absolute Gasteiger partial charge is 0.0397 e. The second-order valence-corrected chi connectivity index (χ2v) is 5.52. The molecule has 1 aromatic carbocycles. The summed E-state index contributed by atoms with van der Waals surface area (Å²) >= 11 is 0. The Morgan fingerprint density at radius 1 is 1.11 bits per heavy atom. The second-order valence-electron chi connectivity index (χ2n) is 5.52. The molecular formula is C15H23N3. The van der Waals surface area contributed by atoms with Crippen LogP contribution >= 0.6 is 0 Å². The molecule has 0 bridgehead atoms. The van der Waals surface area contributed by atoms with Crippen LogP contribution in [0.2, 0.25) is 0 Å². The molecule has 98 valence electrons. The van der Waals surface area contributed by atoms with Gasteiger partial charge in [-0.3, -0.25) is 5.43 Å². The van der Waals surface area contributed by atoms with Gasteiger partial charge in [0.1, 0.15) is 0 Å². The monoisotopic (exact) mass is 245 g/mol. The maximum absolute atomic E-state index is 3.56. The van der Waals surface area contributed by atoms with E-state index in [2.05, 4.69) is 40.6 Å². The van der Waals surface area contributed by atoms with Crippen LogP contribution in [0.3, 0.4) is 0 Å². The quantitative estimate of drug-likeness (QED) is 0.880. The highest BCUT2D eigenvalue weighted by Gasteiger charge is 2.15. The van der Waals surface area contributed by atoms with E-state index in [0.717, 1.165) is 6.54 Å². The van der Waals surface area contributed by atoms with Gasteiger partial charge in [0.05, 0.1) is 0 Å². The Kier molecular flexibility index (Phi) is 3.52. The number of nitrogens with zero attached hydrogens (tertiary/aromatic N) is 2. The van der Waals surface area contributed by atoms with Gasteiger partial charge in [-0.05, 0) is 36.5 Å². The Bertz CT molecular complexity index is 410. The number of rotatable bonds is 3. The maximum atomic E-state index is 3.56. The number of nitrogens with one attached hydrogen (secondary N) is 1. The number of likely N-dealkylation sites (N-methyl/N-ethyl adjacent to an activating group) is 1. The minimum absolute atomic E-state index is 0.969. The van der Waals surface area contributed by atoms with E-state index in [1.807, 2.05) is 0 Å². The average Bonchev–Trinajstić information content (AvgIpc) is 2.79. The first-order chi connectivity index (χ1) is 8.83. The van der Waals surface area contributed by atoms with Crippen LogP contribution in [0.5, 0.6) is 0 Å². The van der Waals surface area contributed by atoms with Crippen molar-refractivity contribution in [3.8, 4) is 0 Å². The fourth-order valence-corrected chi connectivity index (χ4v) is 2.99. The molecule has 0 saturated carbocycles. The normalized spacial score (nSPS) is 20.2. The van der Waals surface area contributed by atoms with Gasteiger partial charge in [-0.15, -0.1) is 0 Å². The molecule has 3 heteroatoms. The van der Waals surface area contributed by atoms with Crippen LogP contribution in [-0.4, -0.2) is 31.7 Å². The van der Waals surface area contributed by atoms with Crippen molar-refractivity contribution in [2.75, 3.05) is 31.6 Å². The molecule has 0 aromatic heterocycles. The van der Waals surface area contributed by atoms with E-state index in [1.165, 1.54) is 62.1 Å². The minimum Gasteiger partial charge on any atom is -0.374 e. The van der Waals surface area contributed by atoms with Gasteiger partial charge in [-0.1, -0.05) is 18.6 Å². The Balaban J connectivity index is 1.60. The Labute approximate surface area is 110 Å². The first-order valence-corrected chi connectivity index (χ1v) is 7.14. The summed E-state index contributed by atoms with van der Waals surface area (Å²) in [4.78, 5) is 2.34. The van der Waals surface area contributed by atoms with Crippen LogP contribution in [0.25, 0.3) is 0 Å². The lowest BCUT2D eigenvalue weighted by Gasteiger charge is -2.27. The molecule has 3 nitrogen and oxygen atoms in total. The Morgan fingerprint density at radius 2 is 1.94 bits per heavy atom. The molecule has 0 atom stereocenters. The highest BCUT2D eigenvalue weighted by atomic mass is 15.5. The fraction of sp³-hybridized carbons (Fsp3) is 0.600. The first-order valence-electron chi connectivity index (χ1n) is 7.14. The summed E-state index contributed by atoms with van der Waals surface area (Å²) in [5.74, 6) is 0. The third kappa shape index (κ3) is 2.52. The molecule has 3 rings (SSSR count). The zero-order valence-electron chi connectivity index (χ0n) is 11.3. The molecule has 18 heavy (non-hydrogen) atoms. The van der Waals surface area contributed by atoms with E-state index in [9.17, 15) is 0 Å². The summed E-state index contributed by atoms with van der Waals surface area (Å²) in [5.41, 5.74) is 7.89. The standard InChI is InChI=1S/C15H23N3/c1-17-10-7-14-11-13(5-6-15(14)17)12-16-18-8-3-2-4-9-18/h5-6,11,16H,2-4,7-10,12H2,1H3. The lowest BCUT2D eigenvalue weighted by molar-refractivity contribution is 0.151. The zero-order valence-corrected chi connectivity index (χ0v) is 11.3. The van der Waals surface area contributed by atoms with Crippen molar-refractivity contribution < 1.29 is 0 Å². The number of benzene rings is 1. The van der Waals surface area contributed by atoms with E-state index < -0.39 is 0 Å². The maximum Gasteiger partial charge on any atom is 0.0397 e. The van der Waals surface area contributed by atoms with Crippen LogP contribution in [0, 0.1) is 0 Å². The Morgan fingerprint density at radius 3 is 2.78 bits per heavy atom. The predicted octanol–water partition coefficient (Wildman–Crippen LogP) is 2.17. The molecule has 2 aliphatic heterocycles. The van der Waals surface area contributed by atoms with Crippen molar-refractivity contribution in [2.24, 2.45) is 0 Å². The third-order valence-corrected chi connectivity index (χ3v) is 4.13. The van der Waals surface area contributed by atoms with Crippen molar-refractivity contribution in [3.63, 3.8) is 0 Å². The molecule has 1 aromatic rings. The van der Waals surface area contributed by atoms with Gasteiger partial charge in [-0.25, -0.2) is 5.01 Å². The van der Waals surface area contributed by atoms with E-state index >= 15 is 0 Å². The van der Waals surface area contributed by atoms with Crippen molar-refractivity contribution in [2.45, 2.75) is 32.2 Å². The van der Waals surface area contributed by atoms with Gasteiger partial charge in [0.15, 0.2) is 0 Å². The lowest BCUT2D eigenvalue weighted by atomic mass is 10.1. The van der Waals surface area contributed by atoms with E-state index in [1.54, 1.807) is 0 Å². The number of piperidine rings is 1. The average molecular weight is 245 g/mol. The Hall–Kier alpha value is -1.06. The lowest BCUT2D eigenvalue weighted by Crippen LogP contribution is -2.41. The highest BCUT2D eigenvalue weighted by molar-refractivity contribution is 5.58. The largest absolute Gasteiger partial charge is 0.374 e. The molecule has 0 spiro atoms. The van der Waals surface area contributed by atoms with Crippen molar-refractivity contribution in [1.82, 2.24) is 10.4 Å². The number of fused-ring (bicyclic) bond motifs is 1. The third-order valence-electron chi connectivity index (χ3n) is 4.13. The number of hydrogen-bond donors (Lipinski definition) is 1. The molecule has 1 fully saturated rings. The van der Waals surface area contributed by atoms with E-state index in [4.69, 9.17) is 0 Å². The minimum atomic E-state index is 0.969. The van der Waals surface area contributed by atoms with Gasteiger partial charge < -0.3 is 4.90 Å². The molecule has 1 saturated heterocycles. The molecule has 0 unspecified atom stereocenters. The summed E-state index contributed by atoms with van der Waals surface area (Å²) in [6.07, 6.45) is 5.26. The van der Waals surface area contributed by atoms with Crippen LogP contribution in [0.4, 0.5) is 5.69 Å². The topological polar surface area (TPSA) is 18.5 Å². The molecule has 0 aliphatic carbocycles. The van der Waals surface area contributed by atoms with Gasteiger partial charge in [-0.2, -0.15) is 0 Å². The summed E-state index contributed by atoms with van der Waals surface area (Å²) < 4.78 is 0. The molecule has 0 amide bonds. The first kappa shape index (κ1) is 12.0. The summed E-state index contributed by atoms with van der Waals surface area (Å²) in [6.45, 7) is 4.54. The highest BCUT2D eigenvalue weighted by Crippen LogP contribution is 2.27. The molecule has 0 radical (unpaired) electrons. The molecular weight excluding hydrogens is 222 g/mol. The molecule has 1 N–H and O–H groups in total. The summed E-state index contributed by atoms with van der Waals surface area (Å²) in [5, 5.41) is 2.38. The second kappa shape index (κ2) is 5.29. The van der Waals surface area contributed by atoms with Crippen LogP contribution in [0.1, 0.15) is 30.4 Å². The van der Waals surface area contributed by atoms with Crippen LogP contribution in [0.15, 0.2) is 18.2 Å². The SMILES string of the molecule is CN1CCc2cc(CNN3CCCCC3)ccc21. The van der Waals surface area contributed by atoms with Crippen molar-refractivity contribution in [3.05, 3.63) is 29.3 Å². The van der Waals surface area contributed by atoms with Crippen molar-refractivity contribution >= 4 is 5.69 Å². The number of hydrazine groups is 1. The van der Waals surface area contributed by atoms with Gasteiger partial charge >= 0.3 is 0 Å². The predicted molar refractivity (Wildman–Crippen MR) is 75.7 cm³/mol. The van der Waals surface area contributed by atoms with Crippen molar-refractivity contribution in [1.29, 1.82) is 0 Å². The van der Waals surface area contributed by atoms with E-state index in [-0.39, 0.29) is 0 Å². The summed E-state index contributed by atoms with van der Waals surface area (Å²) in [6, 6.07) is 6.91. The van der Waals surface area contributed by atoms with E-state index in [0.29, 0.717) is 0 Å². The fourth-order valence-electron chi connectivity index (χ4n) is 2.99. The van der Waals surface area contributed by atoms with Gasteiger partial charge in [0, 0.05) is 38.9 Å². The van der Waals surface area contributed by atoms with Crippen LogP contribution < -0.4 is 10.3 Å². The summed E-state index contributed by atoms with van der Waals surface area (Å²) in [7, 11) is 2.18. The van der Waals surface area contributed by atoms with Gasteiger partial charge in [0.25, 0.3) is 0 Å². The van der Waals surface area contributed by atoms with Crippen LogP contribution in [-0.2, 0) is 13.0 Å². The van der Waals surface area contributed by atoms with Gasteiger partial charge in [0.2, 0.25) is 0 Å². The zero-order chi connectivity index (χ0) is 12.4. The molecule has 2 aliphatic rings. The number of hydrogen-bond acceptors (Lipinski definition) is 3. The number of anilines is 1. The molecule has 2 heterocycles.